The quantitative estimate of drug-likeness (QED) is 0.435. The molecular weight excluding hydrogens is 334 g/mol. The van der Waals surface area contributed by atoms with Crippen molar-refractivity contribution in [3.63, 3.8) is 0 Å². The Balaban J connectivity index is 1.92. The fourth-order valence-electron chi connectivity index (χ4n) is 2.32. The second-order valence-corrected chi connectivity index (χ2v) is 6.12. The van der Waals surface area contributed by atoms with E-state index >= 15 is 0 Å². The zero-order chi connectivity index (χ0) is 17.6. The average molecular weight is 347 g/mol. The minimum Gasteiger partial charge on any atom is -0.304 e. The lowest BCUT2D eigenvalue weighted by Gasteiger charge is -2.08. The van der Waals surface area contributed by atoms with Crippen LogP contribution in [-0.2, 0) is 0 Å². The number of carbonyl (C=O) groups excluding carboxylic acids is 1. The van der Waals surface area contributed by atoms with Crippen molar-refractivity contribution in [1.82, 2.24) is 9.97 Å². The molecule has 6 heteroatoms. The molecule has 0 radical (unpaired) electrons. The van der Waals surface area contributed by atoms with Gasteiger partial charge in [-0.15, -0.1) is 0 Å². The van der Waals surface area contributed by atoms with Gasteiger partial charge in [-0.05, 0) is 5.56 Å². The highest BCUT2D eigenvalue weighted by Crippen LogP contribution is 2.27. The minimum atomic E-state index is -0.549. The van der Waals surface area contributed by atoms with Crippen LogP contribution in [0.25, 0.3) is 11.3 Å². The molecule has 0 aliphatic heterocycles. The van der Waals surface area contributed by atoms with Crippen LogP contribution in [0.5, 0.6) is 0 Å². The van der Waals surface area contributed by atoms with Gasteiger partial charge in [0.15, 0.2) is 5.78 Å². The molecular formula is C19H13N3O2S. The molecule has 0 bridgehead atoms. The normalized spacial score (nSPS) is 10.2. The number of Topliss-reactive ketones (excluding diaryl/α,β-unsaturated/α-hetero) is 1. The molecule has 0 fully saturated rings. The van der Waals surface area contributed by atoms with Gasteiger partial charge in [-0.25, -0.2) is 4.79 Å². The molecule has 0 spiro atoms. The topological polar surface area (TPSA) is 86.6 Å². The number of nitrogens with one attached hydrogen (secondary N) is 1. The largest absolute Gasteiger partial charge is 0.346 e. The molecule has 0 saturated heterocycles. The van der Waals surface area contributed by atoms with Crippen molar-refractivity contribution in [2.45, 2.75) is 5.03 Å². The second-order valence-electron chi connectivity index (χ2n) is 5.15. The number of thioether (sulfide) groups is 1. The molecule has 1 heterocycles. The zero-order valence-electron chi connectivity index (χ0n) is 13.1. The lowest BCUT2D eigenvalue weighted by atomic mass is 10.1. The van der Waals surface area contributed by atoms with E-state index in [1.807, 2.05) is 24.3 Å². The van der Waals surface area contributed by atoms with Crippen LogP contribution < -0.4 is 5.69 Å². The van der Waals surface area contributed by atoms with E-state index in [2.05, 4.69) is 16.0 Å². The van der Waals surface area contributed by atoms with Crippen LogP contribution >= 0.6 is 11.8 Å². The van der Waals surface area contributed by atoms with Gasteiger partial charge in [0.2, 0.25) is 0 Å². The number of H-pyrrole nitrogens is 1. The Morgan fingerprint density at radius 2 is 1.72 bits per heavy atom. The average Bonchev–Trinajstić information content (AvgIpc) is 2.67. The Kier molecular flexibility index (Phi) is 5.07. The summed E-state index contributed by atoms with van der Waals surface area (Å²) in [6.07, 6.45) is 0. The maximum atomic E-state index is 12.2. The Morgan fingerprint density at radius 1 is 1.08 bits per heavy atom. The SMILES string of the molecule is N#Cc1c(SCC(=O)c2ccccc2)nc(=O)[nH]c1-c1ccccc1. The number of aromatic nitrogens is 2. The number of carbonyl (C=O) groups is 1. The molecule has 0 unspecified atom stereocenters. The van der Waals surface area contributed by atoms with E-state index in [0.717, 1.165) is 17.3 Å². The highest BCUT2D eigenvalue weighted by Gasteiger charge is 2.16. The molecule has 5 nitrogen and oxygen atoms in total. The third-order valence-electron chi connectivity index (χ3n) is 3.51. The van der Waals surface area contributed by atoms with E-state index in [0.29, 0.717) is 11.3 Å². The molecule has 0 aliphatic carbocycles. The number of ketones is 1. The number of rotatable bonds is 5. The smallest absolute Gasteiger partial charge is 0.304 e. The molecule has 3 aromatic rings. The number of benzene rings is 2. The molecule has 122 valence electrons. The molecule has 0 aliphatic rings. The number of aromatic amines is 1. The maximum Gasteiger partial charge on any atom is 0.346 e. The summed E-state index contributed by atoms with van der Waals surface area (Å²) in [5.41, 5.74) is 1.43. The zero-order valence-corrected chi connectivity index (χ0v) is 13.9. The van der Waals surface area contributed by atoms with Crippen molar-refractivity contribution in [2.24, 2.45) is 0 Å². The summed E-state index contributed by atoms with van der Waals surface area (Å²) >= 11 is 1.09. The van der Waals surface area contributed by atoms with E-state index in [1.54, 1.807) is 36.4 Å². The molecule has 1 aromatic heterocycles. The first-order chi connectivity index (χ1) is 12.2. The van der Waals surface area contributed by atoms with Crippen LogP contribution in [-0.4, -0.2) is 21.5 Å². The molecule has 0 saturated carbocycles. The summed E-state index contributed by atoms with van der Waals surface area (Å²) in [7, 11) is 0. The van der Waals surface area contributed by atoms with Crippen molar-refractivity contribution in [3.8, 4) is 17.3 Å². The summed E-state index contributed by atoms with van der Waals surface area (Å²) in [5, 5.41) is 9.78. The van der Waals surface area contributed by atoms with Gasteiger partial charge in [0, 0.05) is 5.56 Å². The van der Waals surface area contributed by atoms with Gasteiger partial charge >= 0.3 is 5.69 Å². The van der Waals surface area contributed by atoms with Crippen LogP contribution in [0.1, 0.15) is 15.9 Å². The van der Waals surface area contributed by atoms with Gasteiger partial charge in [0.1, 0.15) is 16.7 Å². The monoisotopic (exact) mass is 347 g/mol. The number of nitrogens with zero attached hydrogens (tertiary/aromatic N) is 2. The van der Waals surface area contributed by atoms with Crippen molar-refractivity contribution in [2.75, 3.05) is 5.75 Å². The van der Waals surface area contributed by atoms with Gasteiger partial charge in [0.05, 0.1) is 11.4 Å². The Labute approximate surface area is 148 Å². The number of hydrogen-bond acceptors (Lipinski definition) is 5. The van der Waals surface area contributed by atoms with Crippen LogP contribution in [0.15, 0.2) is 70.5 Å². The Bertz CT molecular complexity index is 993. The summed E-state index contributed by atoms with van der Waals surface area (Å²) < 4.78 is 0. The first-order valence-corrected chi connectivity index (χ1v) is 8.48. The van der Waals surface area contributed by atoms with Gasteiger partial charge < -0.3 is 4.98 Å². The Hall–Kier alpha value is -3.17. The van der Waals surface area contributed by atoms with Crippen molar-refractivity contribution in [1.29, 1.82) is 5.26 Å². The fourth-order valence-corrected chi connectivity index (χ4v) is 3.20. The molecule has 2 aromatic carbocycles. The van der Waals surface area contributed by atoms with Crippen LogP contribution in [0.2, 0.25) is 0 Å². The standard InChI is InChI=1S/C19H13N3O2S/c20-11-15-17(14-9-5-2-6-10-14)21-19(24)22-18(15)25-12-16(23)13-7-3-1-4-8-13/h1-10H,12H2,(H,21,22,24). The number of hydrogen-bond donors (Lipinski definition) is 1. The first kappa shape index (κ1) is 16.7. The highest BCUT2D eigenvalue weighted by atomic mass is 32.2. The summed E-state index contributed by atoms with van der Waals surface area (Å²) in [4.78, 5) is 30.6. The fraction of sp³-hybridized carbons (Fsp3) is 0.0526. The second kappa shape index (κ2) is 7.60. The summed E-state index contributed by atoms with van der Waals surface area (Å²) in [6, 6.07) is 20.1. The van der Waals surface area contributed by atoms with Gasteiger partial charge in [-0.3, -0.25) is 4.79 Å². The lowest BCUT2D eigenvalue weighted by molar-refractivity contribution is 0.102. The van der Waals surface area contributed by atoms with E-state index in [1.165, 1.54) is 0 Å². The summed E-state index contributed by atoms with van der Waals surface area (Å²) in [6.45, 7) is 0. The van der Waals surface area contributed by atoms with Crippen molar-refractivity contribution in [3.05, 3.63) is 82.3 Å². The third kappa shape index (κ3) is 3.84. The predicted octanol–water partition coefficient (Wildman–Crippen LogP) is 3.28. The van der Waals surface area contributed by atoms with E-state index < -0.39 is 5.69 Å². The highest BCUT2D eigenvalue weighted by molar-refractivity contribution is 8.00. The van der Waals surface area contributed by atoms with Crippen molar-refractivity contribution < 1.29 is 4.79 Å². The molecule has 3 rings (SSSR count). The number of nitriles is 1. The van der Waals surface area contributed by atoms with Gasteiger partial charge in [-0.1, -0.05) is 72.4 Å². The first-order valence-electron chi connectivity index (χ1n) is 7.50. The van der Waals surface area contributed by atoms with E-state index in [9.17, 15) is 14.9 Å². The molecule has 1 N–H and O–H groups in total. The Morgan fingerprint density at radius 3 is 2.36 bits per heavy atom. The van der Waals surface area contributed by atoms with Crippen LogP contribution in [0.3, 0.4) is 0 Å². The lowest BCUT2D eigenvalue weighted by Crippen LogP contribution is -2.15. The van der Waals surface area contributed by atoms with Crippen LogP contribution in [0, 0.1) is 11.3 Å². The van der Waals surface area contributed by atoms with E-state index in [-0.39, 0.29) is 22.1 Å². The third-order valence-corrected chi connectivity index (χ3v) is 4.48. The predicted molar refractivity (Wildman–Crippen MR) is 96.5 cm³/mol. The maximum absolute atomic E-state index is 12.2. The van der Waals surface area contributed by atoms with Gasteiger partial charge in [0.25, 0.3) is 0 Å². The minimum absolute atomic E-state index is 0.0853. The molecule has 0 amide bonds. The van der Waals surface area contributed by atoms with Crippen LogP contribution in [0.4, 0.5) is 0 Å². The molecule has 25 heavy (non-hydrogen) atoms. The summed E-state index contributed by atoms with van der Waals surface area (Å²) in [5.74, 6) is 0.0152. The van der Waals surface area contributed by atoms with E-state index in [4.69, 9.17) is 0 Å². The van der Waals surface area contributed by atoms with Crippen molar-refractivity contribution >= 4 is 17.5 Å². The van der Waals surface area contributed by atoms with Gasteiger partial charge in [-0.2, -0.15) is 10.2 Å². The molecule has 0 atom stereocenters.